The van der Waals surface area contributed by atoms with Crippen molar-refractivity contribution in [1.29, 1.82) is 0 Å². The number of rotatable bonds is 2. The van der Waals surface area contributed by atoms with E-state index in [0.29, 0.717) is 0 Å². The predicted octanol–water partition coefficient (Wildman–Crippen LogP) is 0.156. The van der Waals surface area contributed by atoms with Crippen LogP contribution in [-0.2, 0) is 4.79 Å². The highest BCUT2D eigenvalue weighted by Gasteiger charge is 2.44. The molecule has 0 bridgehead atoms. The van der Waals surface area contributed by atoms with Gasteiger partial charge in [0.25, 0.3) is 0 Å². The molecule has 0 aromatic rings. The van der Waals surface area contributed by atoms with E-state index >= 15 is 0 Å². The van der Waals surface area contributed by atoms with Crippen molar-refractivity contribution in [2.45, 2.75) is 18.9 Å². The first-order valence-electron chi connectivity index (χ1n) is 4.35. The molecule has 66 valence electrons. The first-order valence-corrected chi connectivity index (χ1v) is 4.35. The van der Waals surface area contributed by atoms with Crippen LogP contribution >= 0.6 is 0 Å². The molecule has 2 heterocycles. The molecule has 0 saturated carbocycles. The largest absolute Gasteiger partial charge is 0.395 e. The fraction of sp³-hybridized carbons (Fsp3) is 0.667. The monoisotopic (exact) mass is 167 g/mol. The van der Waals surface area contributed by atoms with Crippen molar-refractivity contribution in [1.82, 2.24) is 4.90 Å². The summed E-state index contributed by atoms with van der Waals surface area (Å²) in [6, 6.07) is 0.222. The molecule has 1 saturated heterocycles. The van der Waals surface area contributed by atoms with Gasteiger partial charge in [-0.2, -0.15) is 0 Å². The van der Waals surface area contributed by atoms with Gasteiger partial charge < -0.3 is 14.8 Å². The van der Waals surface area contributed by atoms with Gasteiger partial charge in [0.1, 0.15) is 6.29 Å². The van der Waals surface area contributed by atoms with E-state index in [9.17, 15) is 4.79 Å². The van der Waals surface area contributed by atoms with Gasteiger partial charge in [-0.3, -0.25) is 0 Å². The Morgan fingerprint density at radius 2 is 2.58 bits per heavy atom. The van der Waals surface area contributed by atoms with E-state index in [4.69, 9.17) is 5.11 Å². The van der Waals surface area contributed by atoms with Gasteiger partial charge in [0.15, 0.2) is 0 Å². The maximum Gasteiger partial charge on any atom is 0.134 e. The van der Waals surface area contributed by atoms with E-state index in [1.807, 2.05) is 12.3 Å². The molecule has 0 aromatic heterocycles. The van der Waals surface area contributed by atoms with Gasteiger partial charge >= 0.3 is 0 Å². The van der Waals surface area contributed by atoms with Crippen LogP contribution in [0.25, 0.3) is 0 Å². The summed E-state index contributed by atoms with van der Waals surface area (Å²) in [5, 5.41) is 9.15. The minimum absolute atomic E-state index is 0.0613. The van der Waals surface area contributed by atoms with Gasteiger partial charge in [0.05, 0.1) is 12.0 Å². The maximum atomic E-state index is 10.9. The van der Waals surface area contributed by atoms with Crippen molar-refractivity contribution in [3.05, 3.63) is 12.3 Å². The molecule has 3 heteroatoms. The molecule has 2 aliphatic heterocycles. The van der Waals surface area contributed by atoms with E-state index < -0.39 is 5.41 Å². The van der Waals surface area contributed by atoms with Crippen molar-refractivity contribution in [3.63, 3.8) is 0 Å². The zero-order valence-electron chi connectivity index (χ0n) is 6.94. The Bertz CT molecular complexity index is 227. The molecular formula is C9H13NO2. The molecule has 0 spiro atoms. The third-order valence-corrected chi connectivity index (χ3v) is 2.98. The highest BCUT2D eigenvalue weighted by atomic mass is 16.3. The normalized spacial score (nSPS) is 38.8. The van der Waals surface area contributed by atoms with Gasteiger partial charge in [-0.25, -0.2) is 0 Å². The van der Waals surface area contributed by atoms with Crippen LogP contribution in [0.3, 0.4) is 0 Å². The molecule has 12 heavy (non-hydrogen) atoms. The van der Waals surface area contributed by atoms with Gasteiger partial charge in [-0.15, -0.1) is 0 Å². The summed E-state index contributed by atoms with van der Waals surface area (Å²) in [6.07, 6.45) is 6.82. The minimum atomic E-state index is -0.601. The fourth-order valence-electron chi connectivity index (χ4n) is 2.20. The van der Waals surface area contributed by atoms with Crippen molar-refractivity contribution >= 4 is 6.29 Å². The molecular weight excluding hydrogens is 154 g/mol. The van der Waals surface area contributed by atoms with E-state index in [0.717, 1.165) is 25.7 Å². The number of fused-ring (bicyclic) bond motifs is 1. The summed E-state index contributed by atoms with van der Waals surface area (Å²) >= 11 is 0. The predicted molar refractivity (Wildman–Crippen MR) is 44.5 cm³/mol. The standard InChI is InChI=1S/C9H13NO2/c11-6-9(7-12)3-5-10-4-1-2-8(9)10/h3,5-6,8,12H,1-2,4,7H2. The summed E-state index contributed by atoms with van der Waals surface area (Å²) in [7, 11) is 0. The Morgan fingerprint density at radius 1 is 1.75 bits per heavy atom. The zero-order chi connectivity index (χ0) is 8.60. The lowest BCUT2D eigenvalue weighted by molar-refractivity contribution is -0.117. The Morgan fingerprint density at radius 3 is 3.25 bits per heavy atom. The van der Waals surface area contributed by atoms with Crippen LogP contribution in [0.15, 0.2) is 12.3 Å². The van der Waals surface area contributed by atoms with Crippen LogP contribution in [0.5, 0.6) is 0 Å². The van der Waals surface area contributed by atoms with E-state index in [1.54, 1.807) is 0 Å². The number of aliphatic hydroxyl groups is 1. The van der Waals surface area contributed by atoms with Crippen LogP contribution < -0.4 is 0 Å². The molecule has 2 aliphatic rings. The molecule has 1 N–H and O–H groups in total. The third kappa shape index (κ3) is 0.829. The number of carbonyl (C=O) groups excluding carboxylic acids is 1. The number of aliphatic hydroxyl groups excluding tert-OH is 1. The van der Waals surface area contributed by atoms with Crippen molar-refractivity contribution in [2.24, 2.45) is 5.41 Å². The van der Waals surface area contributed by atoms with Crippen molar-refractivity contribution < 1.29 is 9.90 Å². The molecule has 0 radical (unpaired) electrons. The average Bonchev–Trinajstić information content (AvgIpc) is 2.64. The topological polar surface area (TPSA) is 40.5 Å². The molecule has 0 aliphatic carbocycles. The van der Waals surface area contributed by atoms with Gasteiger partial charge in [0.2, 0.25) is 0 Å². The average molecular weight is 167 g/mol. The number of hydrogen-bond donors (Lipinski definition) is 1. The number of carbonyl (C=O) groups is 1. The second-order valence-electron chi connectivity index (χ2n) is 3.60. The Hall–Kier alpha value is -0.830. The molecule has 0 aromatic carbocycles. The molecule has 1 fully saturated rings. The SMILES string of the molecule is O=CC1(CO)C=CN2CCCC21. The van der Waals surface area contributed by atoms with Crippen LogP contribution in [0.2, 0.25) is 0 Å². The lowest BCUT2D eigenvalue weighted by atomic mass is 9.83. The Kier molecular flexibility index (Phi) is 1.68. The lowest BCUT2D eigenvalue weighted by Gasteiger charge is -2.28. The van der Waals surface area contributed by atoms with Gasteiger partial charge in [0, 0.05) is 12.6 Å². The molecule has 0 amide bonds. The smallest absolute Gasteiger partial charge is 0.134 e. The lowest BCUT2D eigenvalue weighted by Crippen LogP contribution is -2.39. The first kappa shape index (κ1) is 7.80. The van der Waals surface area contributed by atoms with E-state index in [2.05, 4.69) is 4.90 Å². The number of aldehydes is 1. The Balaban J connectivity index is 2.27. The number of hydrogen-bond acceptors (Lipinski definition) is 3. The van der Waals surface area contributed by atoms with Crippen LogP contribution in [0.1, 0.15) is 12.8 Å². The molecule has 2 unspecified atom stereocenters. The second kappa shape index (κ2) is 2.59. The van der Waals surface area contributed by atoms with Gasteiger partial charge in [-0.05, 0) is 19.0 Å². The minimum Gasteiger partial charge on any atom is -0.395 e. The summed E-state index contributed by atoms with van der Waals surface area (Å²) in [6.45, 7) is 0.963. The summed E-state index contributed by atoms with van der Waals surface area (Å²) in [5.74, 6) is 0. The Labute approximate surface area is 71.7 Å². The van der Waals surface area contributed by atoms with Crippen molar-refractivity contribution in [3.8, 4) is 0 Å². The van der Waals surface area contributed by atoms with Crippen molar-refractivity contribution in [2.75, 3.05) is 13.2 Å². The molecule has 3 nitrogen and oxygen atoms in total. The highest BCUT2D eigenvalue weighted by molar-refractivity contribution is 5.66. The number of nitrogens with zero attached hydrogens (tertiary/aromatic N) is 1. The summed E-state index contributed by atoms with van der Waals surface area (Å²) in [5.41, 5.74) is -0.601. The fourth-order valence-corrected chi connectivity index (χ4v) is 2.20. The summed E-state index contributed by atoms with van der Waals surface area (Å²) in [4.78, 5) is 13.0. The van der Waals surface area contributed by atoms with Crippen LogP contribution in [0.4, 0.5) is 0 Å². The first-order chi connectivity index (χ1) is 5.82. The quantitative estimate of drug-likeness (QED) is 0.595. The van der Waals surface area contributed by atoms with Gasteiger partial charge in [-0.1, -0.05) is 6.08 Å². The van der Waals surface area contributed by atoms with E-state index in [-0.39, 0.29) is 12.6 Å². The van der Waals surface area contributed by atoms with Crippen LogP contribution in [0, 0.1) is 5.41 Å². The second-order valence-corrected chi connectivity index (χ2v) is 3.60. The maximum absolute atomic E-state index is 10.9. The third-order valence-electron chi connectivity index (χ3n) is 2.98. The highest BCUT2D eigenvalue weighted by Crippen LogP contribution is 2.38. The molecule has 2 rings (SSSR count). The zero-order valence-corrected chi connectivity index (χ0v) is 6.94. The summed E-state index contributed by atoms with van der Waals surface area (Å²) < 4.78 is 0. The molecule has 2 atom stereocenters. The van der Waals surface area contributed by atoms with Crippen LogP contribution in [-0.4, -0.2) is 35.5 Å². The van der Waals surface area contributed by atoms with E-state index in [1.165, 1.54) is 0 Å².